The van der Waals surface area contributed by atoms with Gasteiger partial charge in [-0.15, -0.1) is 0 Å². The number of hydrogen-bond acceptors (Lipinski definition) is 6. The van der Waals surface area contributed by atoms with Crippen LogP contribution in [0.4, 0.5) is 0 Å². The average Bonchev–Trinajstić information content (AvgIpc) is 3.29. The van der Waals surface area contributed by atoms with Crippen LogP contribution in [0.5, 0.6) is 28.7 Å². The molecule has 0 aliphatic carbocycles. The lowest BCUT2D eigenvalue weighted by Gasteiger charge is -2.17. The smallest absolute Gasteiger partial charge is 0.231 e. The standard InChI is InChI=1S/C21H22O6/c1-12-15-7-13(5-4-6-22)8-16(23-2)20(15)27-19(12)14-9-17(24-3)21-18(10-14)25-11-26-21/h4-5,7-10,12,19,22H,6,11H2,1-3H3/t12-,19-/m1/s1. The van der Waals surface area contributed by atoms with E-state index in [1.807, 2.05) is 24.3 Å². The minimum absolute atomic E-state index is 0.00886. The van der Waals surface area contributed by atoms with Crippen LogP contribution in [-0.4, -0.2) is 32.7 Å². The molecule has 0 spiro atoms. The second-order valence-corrected chi connectivity index (χ2v) is 6.51. The highest BCUT2D eigenvalue weighted by atomic mass is 16.7. The molecule has 0 fully saturated rings. The quantitative estimate of drug-likeness (QED) is 0.866. The molecule has 142 valence electrons. The largest absolute Gasteiger partial charge is 0.493 e. The SMILES string of the molecule is COc1cc([C@@H]2Oc3c(OC)cc(C=CCO)cc3[C@H]2C)cc2c1OCO2. The van der Waals surface area contributed by atoms with Crippen LogP contribution in [0.25, 0.3) is 6.08 Å². The summed E-state index contributed by atoms with van der Waals surface area (Å²) >= 11 is 0. The maximum atomic E-state index is 9.04. The van der Waals surface area contributed by atoms with Crippen LogP contribution in [0.15, 0.2) is 30.3 Å². The highest BCUT2D eigenvalue weighted by Crippen LogP contribution is 2.53. The third-order valence-electron chi connectivity index (χ3n) is 4.94. The van der Waals surface area contributed by atoms with Gasteiger partial charge in [0.25, 0.3) is 0 Å². The normalized spacial score (nSPS) is 19.9. The molecule has 2 atom stereocenters. The van der Waals surface area contributed by atoms with Crippen molar-refractivity contribution in [3.8, 4) is 28.7 Å². The predicted octanol–water partition coefficient (Wildman–Crippen LogP) is 3.68. The maximum absolute atomic E-state index is 9.04. The van der Waals surface area contributed by atoms with Crippen LogP contribution in [0.2, 0.25) is 0 Å². The summed E-state index contributed by atoms with van der Waals surface area (Å²) in [5, 5.41) is 9.04. The Balaban J connectivity index is 1.74. The van der Waals surface area contributed by atoms with E-state index >= 15 is 0 Å². The minimum Gasteiger partial charge on any atom is -0.493 e. The second kappa shape index (κ2) is 7.04. The van der Waals surface area contributed by atoms with Crippen molar-refractivity contribution < 1.29 is 28.8 Å². The molecule has 6 heteroatoms. The molecule has 6 nitrogen and oxygen atoms in total. The van der Waals surface area contributed by atoms with Gasteiger partial charge in [0.2, 0.25) is 12.5 Å². The van der Waals surface area contributed by atoms with Gasteiger partial charge in [-0.3, -0.25) is 0 Å². The van der Waals surface area contributed by atoms with Gasteiger partial charge in [0, 0.05) is 17.0 Å². The molecule has 2 aliphatic rings. The Labute approximate surface area is 157 Å². The molecule has 1 N–H and O–H groups in total. The summed E-state index contributed by atoms with van der Waals surface area (Å²) in [5.74, 6) is 3.43. The van der Waals surface area contributed by atoms with Gasteiger partial charge in [-0.25, -0.2) is 0 Å². The van der Waals surface area contributed by atoms with E-state index in [1.165, 1.54) is 0 Å². The van der Waals surface area contributed by atoms with Gasteiger partial charge in [-0.05, 0) is 29.8 Å². The number of methoxy groups -OCH3 is 2. The van der Waals surface area contributed by atoms with Gasteiger partial charge in [-0.1, -0.05) is 19.1 Å². The lowest BCUT2D eigenvalue weighted by Crippen LogP contribution is -2.07. The third kappa shape index (κ3) is 2.96. The number of benzene rings is 2. The molecule has 0 aromatic heterocycles. The summed E-state index contributed by atoms with van der Waals surface area (Å²) in [6.45, 7) is 2.29. The Bertz CT molecular complexity index is 889. The van der Waals surface area contributed by atoms with Gasteiger partial charge >= 0.3 is 0 Å². The monoisotopic (exact) mass is 370 g/mol. The lowest BCUT2D eigenvalue weighted by atomic mass is 9.91. The van der Waals surface area contributed by atoms with Crippen molar-refractivity contribution in [2.45, 2.75) is 18.9 Å². The molecule has 4 rings (SSSR count). The van der Waals surface area contributed by atoms with Crippen molar-refractivity contribution >= 4 is 6.08 Å². The fourth-order valence-electron chi connectivity index (χ4n) is 3.61. The molecule has 0 amide bonds. The van der Waals surface area contributed by atoms with Crippen LogP contribution >= 0.6 is 0 Å². The fourth-order valence-corrected chi connectivity index (χ4v) is 3.61. The van der Waals surface area contributed by atoms with Crippen molar-refractivity contribution in [2.24, 2.45) is 0 Å². The zero-order valence-electron chi connectivity index (χ0n) is 15.5. The van der Waals surface area contributed by atoms with E-state index < -0.39 is 0 Å². The molecular weight excluding hydrogens is 348 g/mol. The third-order valence-corrected chi connectivity index (χ3v) is 4.94. The summed E-state index contributed by atoms with van der Waals surface area (Å²) in [5.41, 5.74) is 2.97. The van der Waals surface area contributed by atoms with Crippen molar-refractivity contribution in [1.82, 2.24) is 0 Å². The van der Waals surface area contributed by atoms with E-state index in [4.69, 9.17) is 28.8 Å². The second-order valence-electron chi connectivity index (χ2n) is 6.51. The molecule has 0 saturated carbocycles. The van der Waals surface area contributed by atoms with Crippen molar-refractivity contribution in [2.75, 3.05) is 27.6 Å². The van der Waals surface area contributed by atoms with Crippen molar-refractivity contribution in [1.29, 1.82) is 0 Å². The van der Waals surface area contributed by atoms with Crippen LogP contribution in [0.1, 0.15) is 35.6 Å². The Kier molecular flexibility index (Phi) is 4.58. The number of aliphatic hydroxyl groups excluding tert-OH is 1. The minimum atomic E-state index is -0.200. The Hall–Kier alpha value is -2.86. The van der Waals surface area contributed by atoms with E-state index in [0.29, 0.717) is 23.0 Å². The van der Waals surface area contributed by atoms with Crippen molar-refractivity contribution in [3.63, 3.8) is 0 Å². The molecule has 0 bridgehead atoms. The number of fused-ring (bicyclic) bond motifs is 2. The summed E-state index contributed by atoms with van der Waals surface area (Å²) in [4.78, 5) is 0. The molecule has 2 aromatic rings. The molecular formula is C21H22O6. The molecule has 2 heterocycles. The average molecular weight is 370 g/mol. The molecule has 0 radical (unpaired) electrons. The van der Waals surface area contributed by atoms with Crippen LogP contribution in [0.3, 0.4) is 0 Å². The highest BCUT2D eigenvalue weighted by molar-refractivity contribution is 5.63. The Morgan fingerprint density at radius 3 is 2.59 bits per heavy atom. The van der Waals surface area contributed by atoms with Crippen LogP contribution in [0, 0.1) is 0 Å². The van der Waals surface area contributed by atoms with Crippen LogP contribution in [-0.2, 0) is 0 Å². The molecule has 0 saturated heterocycles. The van der Waals surface area contributed by atoms with Gasteiger partial charge in [0.1, 0.15) is 6.10 Å². The number of rotatable bonds is 5. The summed E-state index contributed by atoms with van der Waals surface area (Å²) in [7, 11) is 3.23. The zero-order valence-corrected chi connectivity index (χ0v) is 15.5. The van der Waals surface area contributed by atoms with E-state index in [2.05, 4.69) is 13.0 Å². The van der Waals surface area contributed by atoms with Crippen LogP contribution < -0.4 is 23.7 Å². The number of ether oxygens (including phenoxy) is 5. The van der Waals surface area contributed by atoms with E-state index in [1.54, 1.807) is 20.3 Å². The van der Waals surface area contributed by atoms with E-state index in [-0.39, 0.29) is 25.4 Å². The Morgan fingerprint density at radius 2 is 1.85 bits per heavy atom. The van der Waals surface area contributed by atoms with Gasteiger partial charge in [0.15, 0.2) is 23.0 Å². The summed E-state index contributed by atoms with van der Waals surface area (Å²) in [6.07, 6.45) is 3.36. The first kappa shape index (κ1) is 17.5. The fraction of sp³-hybridized carbons (Fsp3) is 0.333. The number of aliphatic hydroxyl groups is 1. The highest BCUT2D eigenvalue weighted by Gasteiger charge is 2.36. The first-order chi connectivity index (χ1) is 13.2. The van der Waals surface area contributed by atoms with Gasteiger partial charge < -0.3 is 28.8 Å². The summed E-state index contributed by atoms with van der Waals surface area (Å²) < 4.78 is 28.3. The summed E-state index contributed by atoms with van der Waals surface area (Å²) in [6, 6.07) is 7.84. The molecule has 2 aromatic carbocycles. The van der Waals surface area contributed by atoms with E-state index in [0.717, 1.165) is 22.4 Å². The van der Waals surface area contributed by atoms with Gasteiger partial charge in [0.05, 0.1) is 20.8 Å². The molecule has 0 unspecified atom stereocenters. The first-order valence-corrected chi connectivity index (χ1v) is 8.79. The number of hydrogen-bond donors (Lipinski definition) is 1. The lowest BCUT2D eigenvalue weighted by molar-refractivity contribution is 0.171. The Morgan fingerprint density at radius 1 is 1.07 bits per heavy atom. The van der Waals surface area contributed by atoms with Gasteiger partial charge in [-0.2, -0.15) is 0 Å². The van der Waals surface area contributed by atoms with E-state index in [9.17, 15) is 0 Å². The molecule has 27 heavy (non-hydrogen) atoms. The zero-order chi connectivity index (χ0) is 19.0. The first-order valence-electron chi connectivity index (χ1n) is 8.79. The van der Waals surface area contributed by atoms with Crippen molar-refractivity contribution in [3.05, 3.63) is 47.0 Å². The molecule has 2 aliphatic heterocycles. The maximum Gasteiger partial charge on any atom is 0.231 e. The predicted molar refractivity (Wildman–Crippen MR) is 100 cm³/mol. The topological polar surface area (TPSA) is 66.4 Å².